The molecular formula is C25H28N2O. The summed E-state index contributed by atoms with van der Waals surface area (Å²) >= 11 is 0. The van der Waals surface area contributed by atoms with Crippen LogP contribution in [0.5, 0.6) is 0 Å². The van der Waals surface area contributed by atoms with Crippen molar-refractivity contribution in [3.05, 3.63) is 83.9 Å². The molecule has 0 heterocycles. The van der Waals surface area contributed by atoms with Crippen molar-refractivity contribution in [3.63, 3.8) is 0 Å². The molecule has 3 aromatic carbocycles. The lowest BCUT2D eigenvalue weighted by Crippen LogP contribution is -2.33. The number of hydrogen-bond acceptors (Lipinski definition) is 2. The van der Waals surface area contributed by atoms with Crippen molar-refractivity contribution in [3.8, 4) is 0 Å². The van der Waals surface area contributed by atoms with E-state index >= 15 is 0 Å². The molecule has 1 saturated carbocycles. The molecule has 3 nitrogen and oxygen atoms in total. The normalized spacial score (nSPS) is 14.9. The lowest BCUT2D eigenvalue weighted by atomic mass is 10.0. The van der Waals surface area contributed by atoms with Crippen molar-refractivity contribution in [2.24, 2.45) is 0 Å². The van der Waals surface area contributed by atoms with Crippen LogP contribution in [-0.2, 0) is 11.3 Å². The van der Waals surface area contributed by atoms with Crippen LogP contribution in [0.25, 0.3) is 10.8 Å². The van der Waals surface area contributed by atoms with Crippen LogP contribution >= 0.6 is 0 Å². The Morgan fingerprint density at radius 2 is 1.71 bits per heavy atom. The maximum atomic E-state index is 12.5. The van der Waals surface area contributed by atoms with Gasteiger partial charge in [-0.3, -0.25) is 9.69 Å². The van der Waals surface area contributed by atoms with Gasteiger partial charge >= 0.3 is 0 Å². The van der Waals surface area contributed by atoms with Crippen LogP contribution in [0, 0.1) is 0 Å². The number of amides is 1. The molecule has 28 heavy (non-hydrogen) atoms. The van der Waals surface area contributed by atoms with E-state index in [1.54, 1.807) is 0 Å². The minimum atomic E-state index is 0.0427. The highest BCUT2D eigenvalue weighted by molar-refractivity contribution is 5.85. The Balaban J connectivity index is 1.37. The van der Waals surface area contributed by atoms with E-state index < -0.39 is 0 Å². The summed E-state index contributed by atoms with van der Waals surface area (Å²) in [5, 5.41) is 5.74. The zero-order valence-electron chi connectivity index (χ0n) is 16.5. The molecule has 1 aliphatic carbocycles. The number of carbonyl (C=O) groups excluding carboxylic acids is 1. The third kappa shape index (κ3) is 4.60. The summed E-state index contributed by atoms with van der Waals surface area (Å²) in [6, 6.07) is 25.9. The number of rotatable bonds is 8. The fourth-order valence-electron chi connectivity index (χ4n) is 3.86. The first-order valence-corrected chi connectivity index (χ1v) is 10.3. The van der Waals surface area contributed by atoms with Gasteiger partial charge in [0.05, 0.1) is 6.04 Å². The Morgan fingerprint density at radius 3 is 2.50 bits per heavy atom. The van der Waals surface area contributed by atoms with E-state index in [4.69, 9.17) is 0 Å². The van der Waals surface area contributed by atoms with Gasteiger partial charge < -0.3 is 5.32 Å². The maximum Gasteiger partial charge on any atom is 0.221 e. The van der Waals surface area contributed by atoms with Crippen molar-refractivity contribution in [2.75, 3.05) is 6.54 Å². The van der Waals surface area contributed by atoms with Gasteiger partial charge in [-0.25, -0.2) is 0 Å². The van der Waals surface area contributed by atoms with Gasteiger partial charge in [-0.15, -0.1) is 0 Å². The minimum Gasteiger partial charge on any atom is -0.350 e. The van der Waals surface area contributed by atoms with Crippen LogP contribution < -0.4 is 5.32 Å². The molecule has 4 rings (SSSR count). The van der Waals surface area contributed by atoms with Gasteiger partial charge in [-0.1, -0.05) is 72.8 Å². The lowest BCUT2D eigenvalue weighted by molar-refractivity contribution is -0.122. The molecule has 1 unspecified atom stereocenters. The number of nitrogens with zero attached hydrogens (tertiary/aromatic N) is 1. The van der Waals surface area contributed by atoms with E-state index in [9.17, 15) is 4.79 Å². The first kappa shape index (κ1) is 18.7. The number of hydrogen-bond donors (Lipinski definition) is 1. The van der Waals surface area contributed by atoms with E-state index in [1.165, 1.54) is 29.2 Å². The fraction of sp³-hybridized carbons (Fsp3) is 0.320. The molecule has 1 atom stereocenters. The number of benzene rings is 3. The molecule has 1 amide bonds. The molecule has 144 valence electrons. The molecule has 0 spiro atoms. The third-order valence-electron chi connectivity index (χ3n) is 5.62. The Morgan fingerprint density at radius 1 is 1.00 bits per heavy atom. The summed E-state index contributed by atoms with van der Waals surface area (Å²) < 4.78 is 0. The maximum absolute atomic E-state index is 12.5. The van der Waals surface area contributed by atoms with Crippen molar-refractivity contribution >= 4 is 16.7 Å². The molecule has 0 saturated heterocycles. The van der Waals surface area contributed by atoms with E-state index in [0.717, 1.165) is 18.7 Å². The number of fused-ring (bicyclic) bond motifs is 1. The summed E-state index contributed by atoms with van der Waals surface area (Å²) in [5.41, 5.74) is 2.49. The van der Waals surface area contributed by atoms with Crippen LogP contribution in [0.1, 0.15) is 43.4 Å². The molecule has 0 aliphatic heterocycles. The zero-order chi connectivity index (χ0) is 19.3. The predicted octanol–water partition coefficient (Wildman–Crippen LogP) is 5.07. The highest BCUT2D eigenvalue weighted by atomic mass is 16.1. The van der Waals surface area contributed by atoms with E-state index in [0.29, 0.717) is 12.5 Å². The fourth-order valence-corrected chi connectivity index (χ4v) is 3.86. The number of nitrogens with one attached hydrogen (secondary N) is 1. The van der Waals surface area contributed by atoms with E-state index in [2.05, 4.69) is 64.8 Å². The van der Waals surface area contributed by atoms with Gasteiger partial charge in [0.25, 0.3) is 0 Å². The second-order valence-electron chi connectivity index (χ2n) is 7.79. The van der Waals surface area contributed by atoms with Crippen LogP contribution in [0.15, 0.2) is 72.8 Å². The monoisotopic (exact) mass is 372 g/mol. The summed E-state index contributed by atoms with van der Waals surface area (Å²) in [5.74, 6) is 0.125. The molecule has 3 aromatic rings. The van der Waals surface area contributed by atoms with Crippen molar-refractivity contribution in [1.29, 1.82) is 0 Å². The molecule has 1 N–H and O–H groups in total. The van der Waals surface area contributed by atoms with Crippen LogP contribution in [0.2, 0.25) is 0 Å². The average molecular weight is 373 g/mol. The van der Waals surface area contributed by atoms with E-state index in [1.807, 2.05) is 25.1 Å². The summed E-state index contributed by atoms with van der Waals surface area (Å²) in [7, 11) is 0. The molecule has 3 heteroatoms. The van der Waals surface area contributed by atoms with Gasteiger partial charge in [-0.2, -0.15) is 0 Å². The predicted molar refractivity (Wildman–Crippen MR) is 115 cm³/mol. The summed E-state index contributed by atoms with van der Waals surface area (Å²) in [6.07, 6.45) is 3.03. The Kier molecular flexibility index (Phi) is 5.73. The summed E-state index contributed by atoms with van der Waals surface area (Å²) in [6.45, 7) is 3.76. The Bertz CT molecular complexity index is 928. The topological polar surface area (TPSA) is 32.3 Å². The first-order chi connectivity index (χ1) is 13.7. The van der Waals surface area contributed by atoms with Crippen LogP contribution in [0.4, 0.5) is 0 Å². The molecule has 1 fully saturated rings. The highest BCUT2D eigenvalue weighted by Crippen LogP contribution is 2.30. The second kappa shape index (κ2) is 8.57. The van der Waals surface area contributed by atoms with Crippen molar-refractivity contribution in [1.82, 2.24) is 10.2 Å². The van der Waals surface area contributed by atoms with Gasteiger partial charge in [0.1, 0.15) is 0 Å². The van der Waals surface area contributed by atoms with Gasteiger partial charge in [-0.05, 0) is 41.7 Å². The second-order valence-corrected chi connectivity index (χ2v) is 7.79. The minimum absolute atomic E-state index is 0.0427. The Hall–Kier alpha value is -2.65. The van der Waals surface area contributed by atoms with Gasteiger partial charge in [0.15, 0.2) is 0 Å². The molecular weight excluding hydrogens is 344 g/mol. The smallest absolute Gasteiger partial charge is 0.221 e. The standard InChI is InChI=1S/C25H28N2O/c1-19(20-8-3-2-4-9-20)26-25(28)16-17-27(23-14-15-23)18-22-12-7-11-21-10-5-6-13-24(21)22/h2-13,19,23H,14-18H2,1H3,(H,26,28). The van der Waals surface area contributed by atoms with Gasteiger partial charge in [0, 0.05) is 25.6 Å². The lowest BCUT2D eigenvalue weighted by Gasteiger charge is -2.23. The first-order valence-electron chi connectivity index (χ1n) is 10.3. The molecule has 1 aliphatic rings. The van der Waals surface area contributed by atoms with Crippen molar-refractivity contribution < 1.29 is 4.79 Å². The Labute approximate surface area is 167 Å². The zero-order valence-corrected chi connectivity index (χ0v) is 16.5. The van der Waals surface area contributed by atoms with Gasteiger partial charge in [0.2, 0.25) is 5.91 Å². The quantitative estimate of drug-likeness (QED) is 0.599. The van der Waals surface area contributed by atoms with Crippen LogP contribution in [-0.4, -0.2) is 23.4 Å². The van der Waals surface area contributed by atoms with Crippen molar-refractivity contribution in [2.45, 2.75) is 44.8 Å². The molecule has 0 radical (unpaired) electrons. The number of carbonyl (C=O) groups is 1. The van der Waals surface area contributed by atoms with Crippen LogP contribution in [0.3, 0.4) is 0 Å². The largest absolute Gasteiger partial charge is 0.350 e. The SMILES string of the molecule is CC(NC(=O)CCN(Cc1cccc2ccccc12)C1CC1)c1ccccc1. The summed E-state index contributed by atoms with van der Waals surface area (Å²) in [4.78, 5) is 15.0. The highest BCUT2D eigenvalue weighted by Gasteiger charge is 2.29. The third-order valence-corrected chi connectivity index (χ3v) is 5.62. The molecule has 0 bridgehead atoms. The average Bonchev–Trinajstić information content (AvgIpc) is 3.57. The molecule has 0 aromatic heterocycles. The van der Waals surface area contributed by atoms with E-state index in [-0.39, 0.29) is 11.9 Å².